The van der Waals surface area contributed by atoms with Crippen molar-refractivity contribution in [2.75, 3.05) is 6.61 Å². The van der Waals surface area contributed by atoms with Gasteiger partial charge in [0.2, 0.25) is 0 Å². The number of allylic oxidation sites excluding steroid dienone is 2. The van der Waals surface area contributed by atoms with E-state index in [1.165, 1.54) is 46.6 Å². The molecule has 12 heteroatoms. The fourth-order valence-electron chi connectivity index (χ4n) is 14.5. The molecule has 64 heavy (non-hydrogen) atoms. The summed E-state index contributed by atoms with van der Waals surface area (Å²) in [5.41, 5.74) is 2.31. The van der Waals surface area contributed by atoms with Gasteiger partial charge in [0.15, 0.2) is 24.6 Å². The molecule has 1 aromatic rings. The average Bonchev–Trinajstić information content (AvgIpc) is 3.35. The highest BCUT2D eigenvalue weighted by molar-refractivity contribution is 5.87. The molecule has 12 nitrogen and oxygen atoms in total. The third-order valence-electron chi connectivity index (χ3n) is 17.2. The monoisotopic (exact) mass is 889 g/mol. The summed E-state index contributed by atoms with van der Waals surface area (Å²) in [7, 11) is 0. The van der Waals surface area contributed by atoms with E-state index in [1.807, 2.05) is 0 Å². The van der Waals surface area contributed by atoms with Crippen molar-refractivity contribution >= 4 is 35.9 Å². The Labute approximate surface area is 379 Å². The fraction of sp³-hybridized carbons (Fsp3) is 0.712. The Morgan fingerprint density at radius 3 is 1.92 bits per heavy atom. The SMILES string of the molecule is CC(=O)Oc1ccc(/C=C/C(=O)O[C@H]2CO[C@@H](O[C@H]3CC[C@@]4(C)[C@@H](CC[C@@]5(C)CC6=CC[C@H]7C(C)(C)[C@@H](OC(C)=O)CC[C@]7(C)[C@H]6CC[C@@H]54)C3(C)C)[C@H](OC(C)=O)[C@H]2OC(C)=O)cc1. The highest BCUT2D eigenvalue weighted by Gasteiger charge is 2.64. The first-order chi connectivity index (χ1) is 30.0. The molecule has 0 N–H and O–H groups in total. The second kappa shape index (κ2) is 18.0. The van der Waals surface area contributed by atoms with Crippen LogP contribution in [0, 0.1) is 50.7 Å². The molecule has 0 amide bonds. The van der Waals surface area contributed by atoms with Crippen molar-refractivity contribution in [3.8, 4) is 5.75 Å². The van der Waals surface area contributed by atoms with Gasteiger partial charge in [-0.3, -0.25) is 19.2 Å². The Morgan fingerprint density at radius 2 is 1.27 bits per heavy atom. The fourth-order valence-corrected chi connectivity index (χ4v) is 14.5. The van der Waals surface area contributed by atoms with Gasteiger partial charge in [-0.2, -0.15) is 0 Å². The van der Waals surface area contributed by atoms with E-state index in [2.05, 4.69) is 54.5 Å². The average molecular weight is 889 g/mol. The number of ether oxygens (including phenoxy) is 7. The zero-order valence-corrected chi connectivity index (χ0v) is 40.0. The van der Waals surface area contributed by atoms with E-state index in [1.54, 1.807) is 35.9 Å². The number of esters is 5. The van der Waals surface area contributed by atoms with Crippen LogP contribution in [0.25, 0.3) is 6.08 Å². The summed E-state index contributed by atoms with van der Waals surface area (Å²) in [5.74, 6) is -0.379. The predicted molar refractivity (Wildman–Crippen MR) is 238 cm³/mol. The molecule has 1 saturated heterocycles. The topological polar surface area (TPSA) is 150 Å². The molecular weight excluding hydrogens is 817 g/mol. The summed E-state index contributed by atoms with van der Waals surface area (Å²) in [6.07, 6.45) is 11.0. The van der Waals surface area contributed by atoms with Gasteiger partial charge in [0.05, 0.1) is 12.7 Å². The number of hydrogen-bond acceptors (Lipinski definition) is 12. The molecule has 0 aromatic heterocycles. The zero-order valence-electron chi connectivity index (χ0n) is 40.0. The van der Waals surface area contributed by atoms with E-state index in [9.17, 15) is 24.0 Å². The van der Waals surface area contributed by atoms with Gasteiger partial charge in [-0.25, -0.2) is 4.79 Å². The molecule has 0 unspecified atom stereocenters. The molecule has 1 aliphatic heterocycles. The second-order valence-electron chi connectivity index (χ2n) is 21.9. The standard InChI is InChI=1S/C52H72O12/c1-30(53)59-36-16-12-34(13-17-36)14-21-44(57)63-38-29-58-47(46(62-33(4)56)45(38)61-32(3)55)64-43-24-27-52(11)40(49(43,7)8)22-25-50(9)28-35-15-19-39-48(5,6)42(60-31(2)54)23-26-51(39,10)37(35)18-20-41(50)52/h12-17,21,37-43,45-47H,18-20,22-29H2,1-11H3/b21-14+/t37-,38-,39-,40-,41-,42-,43-,45-,46+,47-,50-,51+,52-/m0/s1. The third-order valence-corrected chi connectivity index (χ3v) is 17.2. The minimum absolute atomic E-state index is 0.0569. The van der Waals surface area contributed by atoms with Crippen LogP contribution in [0.2, 0.25) is 0 Å². The molecule has 1 heterocycles. The summed E-state index contributed by atoms with van der Waals surface area (Å²) in [6, 6.07) is 6.59. The lowest BCUT2D eigenvalue weighted by Gasteiger charge is -2.64. The van der Waals surface area contributed by atoms with E-state index >= 15 is 0 Å². The van der Waals surface area contributed by atoms with Crippen molar-refractivity contribution in [1.82, 2.24) is 0 Å². The van der Waals surface area contributed by atoms with Crippen molar-refractivity contribution in [2.24, 2.45) is 50.7 Å². The van der Waals surface area contributed by atoms with Gasteiger partial charge < -0.3 is 33.2 Å². The second-order valence-corrected chi connectivity index (χ2v) is 21.9. The van der Waals surface area contributed by atoms with Gasteiger partial charge in [0.1, 0.15) is 11.9 Å². The number of rotatable bonds is 9. The van der Waals surface area contributed by atoms with E-state index in [0.29, 0.717) is 35.0 Å². The largest absolute Gasteiger partial charge is 0.462 e. The van der Waals surface area contributed by atoms with Gasteiger partial charge >= 0.3 is 29.8 Å². The van der Waals surface area contributed by atoms with E-state index in [4.69, 9.17) is 33.2 Å². The molecule has 5 fully saturated rings. The Kier molecular flexibility index (Phi) is 13.5. The summed E-state index contributed by atoms with van der Waals surface area (Å²) >= 11 is 0. The number of benzene rings is 1. The lowest BCUT2D eigenvalue weighted by Crippen LogP contribution is -2.62. The van der Waals surface area contributed by atoms with Crippen LogP contribution in [0.5, 0.6) is 5.75 Å². The van der Waals surface area contributed by atoms with Crippen molar-refractivity contribution < 1.29 is 57.1 Å². The Balaban J connectivity index is 1.06. The van der Waals surface area contributed by atoms with Crippen molar-refractivity contribution in [1.29, 1.82) is 0 Å². The molecule has 7 rings (SSSR count). The van der Waals surface area contributed by atoms with Crippen LogP contribution in [0.15, 0.2) is 42.0 Å². The lowest BCUT2D eigenvalue weighted by atomic mass is 9.42. The minimum atomic E-state index is -1.19. The van der Waals surface area contributed by atoms with Crippen LogP contribution < -0.4 is 4.74 Å². The van der Waals surface area contributed by atoms with E-state index < -0.39 is 48.5 Å². The molecular formula is C52H72O12. The van der Waals surface area contributed by atoms with E-state index in [-0.39, 0.29) is 51.9 Å². The Bertz CT molecular complexity index is 2020. The molecule has 0 bridgehead atoms. The Hall–Kier alpha value is -4.03. The van der Waals surface area contributed by atoms with Crippen LogP contribution in [0.1, 0.15) is 146 Å². The van der Waals surface area contributed by atoms with Crippen molar-refractivity contribution in [2.45, 2.75) is 177 Å². The number of carbonyl (C=O) groups is 5. The van der Waals surface area contributed by atoms with Gasteiger partial charge in [-0.05, 0) is 133 Å². The molecule has 0 radical (unpaired) electrons. The summed E-state index contributed by atoms with van der Waals surface area (Å²) in [4.78, 5) is 61.7. The summed E-state index contributed by atoms with van der Waals surface area (Å²) < 4.78 is 41.6. The van der Waals surface area contributed by atoms with Crippen molar-refractivity contribution in [3.63, 3.8) is 0 Å². The molecule has 0 spiro atoms. The quantitative estimate of drug-likeness (QED) is 0.0580. The first-order valence-corrected chi connectivity index (χ1v) is 23.6. The summed E-state index contributed by atoms with van der Waals surface area (Å²) in [5, 5.41) is 0. The Morgan fingerprint density at radius 1 is 0.641 bits per heavy atom. The molecule has 13 atom stereocenters. The van der Waals surface area contributed by atoms with Crippen molar-refractivity contribution in [3.05, 3.63) is 47.6 Å². The van der Waals surface area contributed by atoms with E-state index in [0.717, 1.165) is 51.4 Å². The molecule has 6 aliphatic rings. The maximum absolute atomic E-state index is 13.1. The number of carbonyl (C=O) groups excluding carboxylic acids is 5. The molecule has 4 saturated carbocycles. The van der Waals surface area contributed by atoms with Gasteiger partial charge in [0.25, 0.3) is 0 Å². The normalized spacial score (nSPS) is 38.6. The first kappa shape index (κ1) is 47.9. The van der Waals surface area contributed by atoms with Gasteiger partial charge in [0, 0.05) is 39.2 Å². The predicted octanol–water partition coefficient (Wildman–Crippen LogP) is 9.51. The lowest BCUT2D eigenvalue weighted by molar-refractivity contribution is -0.310. The maximum Gasteiger partial charge on any atom is 0.331 e. The third kappa shape index (κ3) is 9.20. The smallest absolute Gasteiger partial charge is 0.331 e. The zero-order chi connectivity index (χ0) is 46.6. The molecule has 352 valence electrons. The van der Waals surface area contributed by atoms with Crippen LogP contribution in [0.3, 0.4) is 0 Å². The highest BCUT2D eigenvalue weighted by Crippen LogP contribution is 2.70. The van der Waals surface area contributed by atoms with Crippen LogP contribution in [-0.4, -0.2) is 73.3 Å². The highest BCUT2D eigenvalue weighted by atomic mass is 16.7. The first-order valence-electron chi connectivity index (χ1n) is 23.6. The van der Waals surface area contributed by atoms with Crippen LogP contribution in [-0.2, 0) is 52.4 Å². The number of hydrogen-bond donors (Lipinski definition) is 0. The molecule has 1 aromatic carbocycles. The summed E-state index contributed by atoms with van der Waals surface area (Å²) in [6.45, 7) is 22.1. The van der Waals surface area contributed by atoms with Crippen LogP contribution >= 0.6 is 0 Å². The minimum Gasteiger partial charge on any atom is -0.462 e. The maximum atomic E-state index is 13.1. The number of fused-ring (bicyclic) bond motifs is 6. The van der Waals surface area contributed by atoms with Crippen LogP contribution in [0.4, 0.5) is 0 Å². The van der Waals surface area contributed by atoms with Gasteiger partial charge in [-0.15, -0.1) is 0 Å². The van der Waals surface area contributed by atoms with Gasteiger partial charge in [-0.1, -0.05) is 72.2 Å². The molecule has 5 aliphatic carbocycles.